The molecule has 0 spiro atoms. The summed E-state index contributed by atoms with van der Waals surface area (Å²) in [4.78, 5) is 14.0. The van der Waals surface area contributed by atoms with Crippen LogP contribution in [-0.2, 0) is 4.79 Å². The van der Waals surface area contributed by atoms with Gasteiger partial charge in [0.1, 0.15) is 0 Å². The third-order valence-electron chi connectivity index (χ3n) is 4.75. The number of nitrogens with one attached hydrogen (secondary N) is 1. The molecule has 3 atom stereocenters. The minimum Gasteiger partial charge on any atom is -0.353 e. The summed E-state index contributed by atoms with van der Waals surface area (Å²) in [5.41, 5.74) is 7.32. The Labute approximate surface area is 134 Å². The molecule has 4 nitrogen and oxygen atoms in total. The quantitative estimate of drug-likeness (QED) is 0.876. The van der Waals surface area contributed by atoms with E-state index in [0.717, 1.165) is 30.4 Å². The Bertz CT molecular complexity index is 522. The molecular weight excluding hydrogens is 330 g/mol. The van der Waals surface area contributed by atoms with E-state index in [9.17, 15) is 4.79 Å². The van der Waals surface area contributed by atoms with Crippen molar-refractivity contribution in [1.29, 1.82) is 0 Å². The second-order valence-electron chi connectivity index (χ2n) is 6.06. The van der Waals surface area contributed by atoms with Gasteiger partial charge in [0.15, 0.2) is 0 Å². The van der Waals surface area contributed by atoms with Crippen molar-refractivity contribution in [1.82, 2.24) is 10.2 Å². The molecule has 1 aromatic carbocycles. The summed E-state index contributed by atoms with van der Waals surface area (Å²) in [5, 5.41) is 3.14. The maximum atomic E-state index is 11.5. The van der Waals surface area contributed by atoms with Crippen LogP contribution >= 0.6 is 15.9 Å². The van der Waals surface area contributed by atoms with Crippen molar-refractivity contribution < 1.29 is 4.79 Å². The highest BCUT2D eigenvalue weighted by Gasteiger charge is 2.35. The van der Waals surface area contributed by atoms with Crippen LogP contribution in [0.25, 0.3) is 0 Å². The molecule has 0 radical (unpaired) electrons. The molecule has 21 heavy (non-hydrogen) atoms. The van der Waals surface area contributed by atoms with Crippen molar-refractivity contribution in [2.75, 3.05) is 19.6 Å². The number of carbonyl (C=O) groups excluding carboxylic acids is 1. The second-order valence-corrected chi connectivity index (χ2v) is 6.98. The molecular formula is C16H22BrN3O. The first-order valence-electron chi connectivity index (χ1n) is 7.66. The van der Waals surface area contributed by atoms with Crippen molar-refractivity contribution in [2.45, 2.75) is 31.3 Å². The molecule has 0 aliphatic carbocycles. The molecule has 2 saturated heterocycles. The Morgan fingerprint density at radius 1 is 1.43 bits per heavy atom. The standard InChI is InChI=1S/C16H22BrN3O/c17-13-3-1-2-11(8-13)15(9-18)20-7-6-14-12(10-20)4-5-16(21)19-14/h1-3,8,12,14-15H,4-7,9-10,18H2,(H,19,21). The van der Waals surface area contributed by atoms with Gasteiger partial charge in [-0.05, 0) is 36.5 Å². The fraction of sp³-hybridized carbons (Fsp3) is 0.562. The van der Waals surface area contributed by atoms with Gasteiger partial charge >= 0.3 is 0 Å². The molecule has 3 unspecified atom stereocenters. The highest BCUT2D eigenvalue weighted by molar-refractivity contribution is 9.10. The van der Waals surface area contributed by atoms with E-state index in [1.54, 1.807) is 0 Å². The van der Waals surface area contributed by atoms with E-state index in [4.69, 9.17) is 5.73 Å². The van der Waals surface area contributed by atoms with Gasteiger partial charge in [0.25, 0.3) is 0 Å². The lowest BCUT2D eigenvalue weighted by atomic mass is 9.84. The van der Waals surface area contributed by atoms with E-state index in [0.29, 0.717) is 24.9 Å². The average molecular weight is 352 g/mol. The van der Waals surface area contributed by atoms with Crippen LogP contribution in [-0.4, -0.2) is 36.5 Å². The number of likely N-dealkylation sites (tertiary alicyclic amines) is 1. The highest BCUT2D eigenvalue weighted by Crippen LogP contribution is 2.31. The molecule has 1 aromatic rings. The summed E-state index contributed by atoms with van der Waals surface area (Å²) < 4.78 is 1.10. The summed E-state index contributed by atoms with van der Waals surface area (Å²) in [7, 11) is 0. The van der Waals surface area contributed by atoms with Crippen molar-refractivity contribution in [3.63, 3.8) is 0 Å². The number of amides is 1. The maximum absolute atomic E-state index is 11.5. The Balaban J connectivity index is 1.72. The Morgan fingerprint density at radius 2 is 2.29 bits per heavy atom. The van der Waals surface area contributed by atoms with Gasteiger partial charge in [-0.15, -0.1) is 0 Å². The second kappa shape index (κ2) is 6.46. The normalized spacial score (nSPS) is 27.8. The summed E-state index contributed by atoms with van der Waals surface area (Å²) in [6.45, 7) is 2.65. The average Bonchev–Trinajstić information content (AvgIpc) is 2.48. The van der Waals surface area contributed by atoms with Gasteiger partial charge in [-0.1, -0.05) is 28.1 Å². The Morgan fingerprint density at radius 3 is 3.05 bits per heavy atom. The number of nitrogens with two attached hydrogens (primary N) is 1. The van der Waals surface area contributed by atoms with Gasteiger partial charge in [0, 0.05) is 42.6 Å². The Hall–Kier alpha value is -0.910. The number of rotatable bonds is 3. The van der Waals surface area contributed by atoms with E-state index in [1.165, 1.54) is 5.56 Å². The topological polar surface area (TPSA) is 58.4 Å². The smallest absolute Gasteiger partial charge is 0.220 e. The number of benzene rings is 1. The third kappa shape index (κ3) is 3.30. The first kappa shape index (κ1) is 15.0. The summed E-state index contributed by atoms with van der Waals surface area (Å²) in [5.74, 6) is 0.782. The van der Waals surface area contributed by atoms with Crippen LogP contribution < -0.4 is 11.1 Å². The van der Waals surface area contributed by atoms with Gasteiger partial charge in [-0.3, -0.25) is 9.69 Å². The van der Waals surface area contributed by atoms with Crippen LogP contribution in [0.1, 0.15) is 30.9 Å². The van der Waals surface area contributed by atoms with E-state index < -0.39 is 0 Å². The fourth-order valence-electron chi connectivity index (χ4n) is 3.63. The first-order valence-corrected chi connectivity index (χ1v) is 8.45. The number of fused-ring (bicyclic) bond motifs is 1. The van der Waals surface area contributed by atoms with Crippen LogP contribution in [0.5, 0.6) is 0 Å². The lowest BCUT2D eigenvalue weighted by Crippen LogP contribution is -2.55. The van der Waals surface area contributed by atoms with Crippen LogP contribution in [0.2, 0.25) is 0 Å². The van der Waals surface area contributed by atoms with Crippen molar-refractivity contribution >= 4 is 21.8 Å². The summed E-state index contributed by atoms with van der Waals surface area (Å²) in [6, 6.07) is 9.04. The van der Waals surface area contributed by atoms with Gasteiger partial charge < -0.3 is 11.1 Å². The molecule has 1 amide bonds. The van der Waals surface area contributed by atoms with Gasteiger partial charge in [-0.25, -0.2) is 0 Å². The van der Waals surface area contributed by atoms with Gasteiger partial charge in [0.2, 0.25) is 5.91 Å². The molecule has 3 N–H and O–H groups in total. The predicted molar refractivity (Wildman–Crippen MR) is 86.8 cm³/mol. The number of hydrogen-bond donors (Lipinski definition) is 2. The van der Waals surface area contributed by atoms with Crippen LogP contribution in [0, 0.1) is 5.92 Å². The summed E-state index contributed by atoms with van der Waals surface area (Å²) in [6.07, 6.45) is 2.70. The zero-order valence-electron chi connectivity index (χ0n) is 12.1. The fourth-order valence-corrected chi connectivity index (χ4v) is 4.05. The van der Waals surface area contributed by atoms with E-state index in [-0.39, 0.29) is 11.9 Å². The third-order valence-corrected chi connectivity index (χ3v) is 5.24. The van der Waals surface area contributed by atoms with Crippen LogP contribution in [0.3, 0.4) is 0 Å². The number of nitrogens with zero attached hydrogens (tertiary/aromatic N) is 1. The Kier molecular flexibility index (Phi) is 4.62. The first-order chi connectivity index (χ1) is 10.2. The predicted octanol–water partition coefficient (Wildman–Crippen LogP) is 2.05. The van der Waals surface area contributed by atoms with Gasteiger partial charge in [0.05, 0.1) is 0 Å². The van der Waals surface area contributed by atoms with Crippen LogP contribution in [0.15, 0.2) is 28.7 Å². The van der Waals surface area contributed by atoms with Crippen LogP contribution in [0.4, 0.5) is 0 Å². The summed E-state index contributed by atoms with van der Waals surface area (Å²) >= 11 is 3.54. The molecule has 2 heterocycles. The molecule has 2 aliphatic rings. The lowest BCUT2D eigenvalue weighted by molar-refractivity contribution is -0.125. The minimum atomic E-state index is 0.215. The zero-order chi connectivity index (χ0) is 14.8. The number of hydrogen-bond acceptors (Lipinski definition) is 3. The van der Waals surface area contributed by atoms with Crippen molar-refractivity contribution in [3.05, 3.63) is 34.3 Å². The molecule has 114 valence electrons. The molecule has 2 aliphatic heterocycles. The number of carbonyl (C=O) groups is 1. The maximum Gasteiger partial charge on any atom is 0.220 e. The molecule has 0 aromatic heterocycles. The highest BCUT2D eigenvalue weighted by atomic mass is 79.9. The minimum absolute atomic E-state index is 0.215. The molecule has 2 fully saturated rings. The van der Waals surface area contributed by atoms with Crippen molar-refractivity contribution in [3.8, 4) is 0 Å². The lowest BCUT2D eigenvalue weighted by Gasteiger charge is -2.44. The molecule has 0 bridgehead atoms. The number of halogens is 1. The molecule has 0 saturated carbocycles. The largest absolute Gasteiger partial charge is 0.353 e. The van der Waals surface area contributed by atoms with E-state index in [2.05, 4.69) is 44.3 Å². The SMILES string of the molecule is NCC(c1cccc(Br)c1)N1CCC2NC(=O)CCC2C1. The molecule has 3 rings (SSSR count). The van der Waals surface area contributed by atoms with E-state index in [1.807, 2.05) is 6.07 Å². The zero-order valence-corrected chi connectivity index (χ0v) is 13.7. The monoisotopic (exact) mass is 351 g/mol. The molecule has 5 heteroatoms. The van der Waals surface area contributed by atoms with Crippen molar-refractivity contribution in [2.24, 2.45) is 11.7 Å². The number of piperidine rings is 2. The van der Waals surface area contributed by atoms with Gasteiger partial charge in [-0.2, -0.15) is 0 Å². The van der Waals surface area contributed by atoms with E-state index >= 15 is 0 Å².